The lowest BCUT2D eigenvalue weighted by Gasteiger charge is -2.16. The monoisotopic (exact) mass is 401 g/mol. The quantitative estimate of drug-likeness (QED) is 0.713. The van der Waals surface area contributed by atoms with Gasteiger partial charge in [-0.25, -0.2) is 4.98 Å². The molecular formula is C18H22F3N3O2S. The van der Waals surface area contributed by atoms with Crippen LogP contribution in [0.3, 0.4) is 0 Å². The number of halogens is 3. The van der Waals surface area contributed by atoms with E-state index in [1.807, 2.05) is 18.3 Å². The summed E-state index contributed by atoms with van der Waals surface area (Å²) in [5.41, 5.74) is 2.11. The van der Waals surface area contributed by atoms with Crippen molar-refractivity contribution >= 4 is 29.4 Å². The zero-order valence-electron chi connectivity index (χ0n) is 15.6. The average Bonchev–Trinajstić information content (AvgIpc) is 3.12. The summed E-state index contributed by atoms with van der Waals surface area (Å²) in [6, 6.07) is -1.92. The van der Waals surface area contributed by atoms with Crippen LogP contribution in [0.4, 0.5) is 13.2 Å². The van der Waals surface area contributed by atoms with Gasteiger partial charge in [-0.3, -0.25) is 4.79 Å². The molecule has 2 aromatic heterocycles. The molecule has 2 rings (SSSR count). The summed E-state index contributed by atoms with van der Waals surface area (Å²) in [7, 11) is 0. The summed E-state index contributed by atoms with van der Waals surface area (Å²) >= 11 is 1.04. The fourth-order valence-corrected chi connectivity index (χ4v) is 3.23. The van der Waals surface area contributed by atoms with Crippen molar-refractivity contribution in [2.45, 2.75) is 59.2 Å². The molecule has 0 aromatic carbocycles. The number of alkyl halides is 3. The van der Waals surface area contributed by atoms with Gasteiger partial charge in [0.05, 0.1) is 11.4 Å². The number of hydrogen-bond donors (Lipinski definition) is 1. The molecule has 1 atom stereocenters. The van der Waals surface area contributed by atoms with Crippen LogP contribution in [-0.2, 0) is 6.42 Å². The lowest BCUT2D eigenvalue weighted by Crippen LogP contribution is -2.43. The first-order valence-corrected chi connectivity index (χ1v) is 9.43. The third kappa shape index (κ3) is 5.41. The van der Waals surface area contributed by atoms with Crippen LogP contribution in [0.2, 0.25) is 0 Å². The fourth-order valence-electron chi connectivity index (χ4n) is 2.36. The van der Waals surface area contributed by atoms with Crippen LogP contribution >= 0.6 is 11.3 Å². The summed E-state index contributed by atoms with van der Waals surface area (Å²) < 4.78 is 43.1. The lowest BCUT2D eigenvalue weighted by molar-refractivity contribution is -0.149. The van der Waals surface area contributed by atoms with Crippen LogP contribution in [0.15, 0.2) is 4.52 Å². The topological polar surface area (TPSA) is 68.0 Å². The van der Waals surface area contributed by atoms with E-state index >= 15 is 0 Å². The number of hydrogen-bond acceptors (Lipinski definition) is 5. The molecule has 0 radical (unpaired) electrons. The standard InChI is InChI=1S/C18H22F3N3O2S/c1-5-6-7-14-13(11(3)26-24-14)8-9-15-22-10(2)16(27-15)17(25)23-12(4)18(19,20)21/h8-9,12H,5-7H2,1-4H3,(H,23,25)/b9-8+/t12-/m1/s1. The van der Waals surface area contributed by atoms with Gasteiger partial charge in [-0.05, 0) is 45.8 Å². The second-order valence-corrected chi connectivity index (χ2v) is 7.27. The number of unbranched alkanes of at least 4 members (excludes halogenated alkanes) is 1. The zero-order chi connectivity index (χ0) is 20.2. The van der Waals surface area contributed by atoms with Crippen molar-refractivity contribution in [3.05, 3.63) is 32.6 Å². The van der Waals surface area contributed by atoms with Gasteiger partial charge < -0.3 is 9.84 Å². The van der Waals surface area contributed by atoms with Gasteiger partial charge >= 0.3 is 6.18 Å². The number of nitrogens with zero attached hydrogens (tertiary/aromatic N) is 2. The first-order chi connectivity index (χ1) is 12.6. The summed E-state index contributed by atoms with van der Waals surface area (Å²) in [5.74, 6) is -0.0955. The van der Waals surface area contributed by atoms with Gasteiger partial charge in [0.15, 0.2) is 0 Å². The molecule has 0 saturated carbocycles. The Hall–Kier alpha value is -2.16. The summed E-state index contributed by atoms with van der Waals surface area (Å²) in [5, 5.41) is 6.54. The first kappa shape index (κ1) is 21.1. The predicted octanol–water partition coefficient (Wildman–Crippen LogP) is 4.94. The van der Waals surface area contributed by atoms with E-state index in [0.717, 1.165) is 48.8 Å². The molecule has 2 heterocycles. The minimum Gasteiger partial charge on any atom is -0.361 e. The van der Waals surface area contributed by atoms with Gasteiger partial charge in [0.1, 0.15) is 21.7 Å². The normalized spacial score (nSPS) is 13.3. The number of thiazole rings is 1. The molecule has 0 saturated heterocycles. The van der Waals surface area contributed by atoms with Gasteiger partial charge in [-0.15, -0.1) is 11.3 Å². The number of carbonyl (C=O) groups is 1. The van der Waals surface area contributed by atoms with Crippen LogP contribution in [-0.4, -0.2) is 28.3 Å². The van der Waals surface area contributed by atoms with Crippen molar-refractivity contribution in [3.8, 4) is 0 Å². The number of rotatable bonds is 7. The van der Waals surface area contributed by atoms with Crippen molar-refractivity contribution in [3.63, 3.8) is 0 Å². The number of amides is 1. The van der Waals surface area contributed by atoms with Gasteiger partial charge in [-0.1, -0.05) is 18.5 Å². The highest BCUT2D eigenvalue weighted by Crippen LogP contribution is 2.24. The second kappa shape index (κ2) is 8.69. The Bertz CT molecular complexity index is 824. The number of carbonyl (C=O) groups excluding carboxylic acids is 1. The second-order valence-electron chi connectivity index (χ2n) is 6.24. The van der Waals surface area contributed by atoms with Gasteiger partial charge in [0, 0.05) is 5.56 Å². The Kier molecular flexibility index (Phi) is 6.80. The molecule has 0 bridgehead atoms. The Balaban J connectivity index is 2.16. The molecule has 0 aliphatic carbocycles. The molecular weight excluding hydrogens is 379 g/mol. The van der Waals surface area contributed by atoms with Crippen molar-refractivity contribution in [2.75, 3.05) is 0 Å². The summed E-state index contributed by atoms with van der Waals surface area (Å²) in [4.78, 5) is 16.5. The molecule has 1 N–H and O–H groups in total. The Morgan fingerprint density at radius 1 is 1.33 bits per heavy atom. The average molecular weight is 401 g/mol. The van der Waals surface area contributed by atoms with E-state index in [-0.39, 0.29) is 4.88 Å². The van der Waals surface area contributed by atoms with Crippen LogP contribution in [0.5, 0.6) is 0 Å². The largest absolute Gasteiger partial charge is 0.408 e. The molecule has 0 aliphatic heterocycles. The van der Waals surface area contributed by atoms with E-state index in [0.29, 0.717) is 16.5 Å². The van der Waals surface area contributed by atoms with Crippen molar-refractivity contribution in [1.82, 2.24) is 15.5 Å². The Morgan fingerprint density at radius 3 is 2.67 bits per heavy atom. The molecule has 2 aromatic rings. The van der Waals surface area contributed by atoms with Gasteiger partial charge in [0.2, 0.25) is 0 Å². The van der Waals surface area contributed by atoms with Crippen LogP contribution in [0.25, 0.3) is 12.2 Å². The molecule has 9 heteroatoms. The number of nitrogens with one attached hydrogen (secondary N) is 1. The predicted molar refractivity (Wildman–Crippen MR) is 98.6 cm³/mol. The fraction of sp³-hybridized carbons (Fsp3) is 0.500. The van der Waals surface area contributed by atoms with Gasteiger partial charge in [0.25, 0.3) is 5.91 Å². The third-order valence-electron chi connectivity index (χ3n) is 4.00. The van der Waals surface area contributed by atoms with E-state index < -0.39 is 18.1 Å². The molecule has 0 fully saturated rings. The summed E-state index contributed by atoms with van der Waals surface area (Å²) in [6.45, 7) is 6.40. The molecule has 27 heavy (non-hydrogen) atoms. The number of aromatic nitrogens is 2. The highest BCUT2D eigenvalue weighted by atomic mass is 32.1. The molecule has 0 aliphatic rings. The minimum absolute atomic E-state index is 0.166. The van der Waals surface area contributed by atoms with Crippen LogP contribution < -0.4 is 5.32 Å². The van der Waals surface area contributed by atoms with Crippen LogP contribution in [0.1, 0.15) is 64.1 Å². The summed E-state index contributed by atoms with van der Waals surface area (Å²) in [6.07, 6.45) is 1.87. The number of aryl methyl sites for hydroxylation is 3. The Morgan fingerprint density at radius 2 is 2.04 bits per heavy atom. The maximum atomic E-state index is 12.6. The molecule has 1 amide bonds. The smallest absolute Gasteiger partial charge is 0.361 e. The van der Waals surface area contributed by atoms with E-state index in [1.54, 1.807) is 13.0 Å². The maximum absolute atomic E-state index is 12.6. The van der Waals surface area contributed by atoms with Crippen molar-refractivity contribution < 1.29 is 22.5 Å². The molecule has 0 unspecified atom stereocenters. The highest BCUT2D eigenvalue weighted by Gasteiger charge is 2.37. The van der Waals surface area contributed by atoms with E-state index in [4.69, 9.17) is 4.52 Å². The Labute approximate surface area is 159 Å². The van der Waals surface area contributed by atoms with E-state index in [9.17, 15) is 18.0 Å². The van der Waals surface area contributed by atoms with E-state index in [1.165, 1.54) is 0 Å². The zero-order valence-corrected chi connectivity index (χ0v) is 16.4. The van der Waals surface area contributed by atoms with Crippen molar-refractivity contribution in [2.24, 2.45) is 0 Å². The SMILES string of the molecule is CCCCc1noc(C)c1/C=C/c1nc(C)c(C(=O)N[C@H](C)C(F)(F)F)s1. The molecule has 148 valence electrons. The van der Waals surface area contributed by atoms with Crippen LogP contribution in [0, 0.1) is 13.8 Å². The molecule has 5 nitrogen and oxygen atoms in total. The highest BCUT2D eigenvalue weighted by molar-refractivity contribution is 7.14. The minimum atomic E-state index is -4.49. The van der Waals surface area contributed by atoms with Crippen molar-refractivity contribution in [1.29, 1.82) is 0 Å². The lowest BCUT2D eigenvalue weighted by atomic mass is 10.1. The molecule has 0 spiro atoms. The first-order valence-electron chi connectivity index (χ1n) is 8.61. The van der Waals surface area contributed by atoms with E-state index in [2.05, 4.69) is 17.1 Å². The van der Waals surface area contributed by atoms with Gasteiger partial charge in [-0.2, -0.15) is 13.2 Å². The third-order valence-corrected chi connectivity index (χ3v) is 5.12. The maximum Gasteiger partial charge on any atom is 0.408 e.